The van der Waals surface area contributed by atoms with Gasteiger partial charge in [0.2, 0.25) is 0 Å². The van der Waals surface area contributed by atoms with Crippen LogP contribution in [0, 0.1) is 0 Å². The van der Waals surface area contributed by atoms with Gasteiger partial charge in [-0.25, -0.2) is 0 Å². The van der Waals surface area contributed by atoms with Crippen LogP contribution in [0.4, 0.5) is 13.2 Å². The Morgan fingerprint density at radius 2 is 2.05 bits per heavy atom. The predicted octanol–water partition coefficient (Wildman–Crippen LogP) is 2.25. The van der Waals surface area contributed by atoms with E-state index in [1.165, 1.54) is 12.1 Å². The second kappa shape index (κ2) is 7.24. The first kappa shape index (κ1) is 16.3. The second-order valence-corrected chi connectivity index (χ2v) is 5.41. The van der Waals surface area contributed by atoms with Crippen molar-refractivity contribution in [2.24, 2.45) is 0 Å². The largest absolute Gasteiger partial charge is 0.416 e. The van der Waals surface area contributed by atoms with Crippen LogP contribution in [0.5, 0.6) is 0 Å². The summed E-state index contributed by atoms with van der Waals surface area (Å²) in [6.45, 7) is 2.14. The molecular formula is C15H21F3N2O. The molecule has 1 aliphatic heterocycles. The fraction of sp³-hybridized carbons (Fsp3) is 0.600. The summed E-state index contributed by atoms with van der Waals surface area (Å²) < 4.78 is 39.0. The van der Waals surface area contributed by atoms with E-state index in [1.807, 2.05) is 4.90 Å². The number of aliphatic hydroxyl groups excluding tert-OH is 1. The average Bonchev–Trinajstić information content (AvgIpc) is 2.91. The molecule has 118 valence electrons. The van der Waals surface area contributed by atoms with Crippen LogP contribution in [0.1, 0.15) is 24.0 Å². The van der Waals surface area contributed by atoms with E-state index in [9.17, 15) is 13.2 Å². The van der Waals surface area contributed by atoms with Gasteiger partial charge in [-0.1, -0.05) is 18.2 Å². The minimum Gasteiger partial charge on any atom is -0.395 e. The van der Waals surface area contributed by atoms with Crippen molar-refractivity contribution < 1.29 is 18.3 Å². The highest BCUT2D eigenvalue weighted by atomic mass is 19.4. The first-order chi connectivity index (χ1) is 10.0. The molecule has 3 nitrogen and oxygen atoms in total. The normalized spacial score (nSPS) is 19.4. The van der Waals surface area contributed by atoms with Crippen molar-refractivity contribution in [2.45, 2.75) is 31.6 Å². The summed E-state index contributed by atoms with van der Waals surface area (Å²) in [5, 5.41) is 12.5. The van der Waals surface area contributed by atoms with Gasteiger partial charge in [-0.05, 0) is 31.0 Å². The summed E-state index contributed by atoms with van der Waals surface area (Å²) >= 11 is 0. The van der Waals surface area contributed by atoms with E-state index in [2.05, 4.69) is 5.32 Å². The molecule has 0 amide bonds. The maximum atomic E-state index is 13.0. The molecule has 0 spiro atoms. The Morgan fingerprint density at radius 1 is 1.29 bits per heavy atom. The van der Waals surface area contributed by atoms with Gasteiger partial charge in [-0.15, -0.1) is 0 Å². The molecule has 0 aromatic heterocycles. The highest BCUT2D eigenvalue weighted by Gasteiger charge is 2.33. The van der Waals surface area contributed by atoms with Crippen LogP contribution in [-0.2, 0) is 12.7 Å². The fourth-order valence-electron chi connectivity index (χ4n) is 2.78. The average molecular weight is 302 g/mol. The van der Waals surface area contributed by atoms with Gasteiger partial charge in [0.25, 0.3) is 0 Å². The molecule has 0 bridgehead atoms. The third-order valence-corrected chi connectivity index (χ3v) is 3.77. The van der Waals surface area contributed by atoms with Gasteiger partial charge in [-0.2, -0.15) is 13.2 Å². The van der Waals surface area contributed by atoms with Gasteiger partial charge in [0.05, 0.1) is 12.2 Å². The lowest BCUT2D eigenvalue weighted by Crippen LogP contribution is -2.38. The number of alkyl halides is 3. The van der Waals surface area contributed by atoms with Crippen LogP contribution in [-0.4, -0.2) is 42.3 Å². The molecule has 21 heavy (non-hydrogen) atoms. The zero-order valence-corrected chi connectivity index (χ0v) is 11.9. The van der Waals surface area contributed by atoms with Crippen LogP contribution in [0.3, 0.4) is 0 Å². The molecule has 1 aromatic rings. The Labute approximate surface area is 122 Å². The quantitative estimate of drug-likeness (QED) is 0.846. The van der Waals surface area contributed by atoms with Gasteiger partial charge in [-0.3, -0.25) is 4.90 Å². The third kappa shape index (κ3) is 4.69. The van der Waals surface area contributed by atoms with E-state index < -0.39 is 11.7 Å². The monoisotopic (exact) mass is 302 g/mol. The predicted molar refractivity (Wildman–Crippen MR) is 74.8 cm³/mol. The fourth-order valence-corrected chi connectivity index (χ4v) is 2.78. The topological polar surface area (TPSA) is 35.5 Å². The summed E-state index contributed by atoms with van der Waals surface area (Å²) in [4.78, 5) is 1.88. The summed E-state index contributed by atoms with van der Waals surface area (Å²) in [7, 11) is 0. The molecule has 0 aliphatic carbocycles. The summed E-state index contributed by atoms with van der Waals surface area (Å²) in [5.41, 5.74) is -0.330. The van der Waals surface area contributed by atoms with Gasteiger partial charge in [0, 0.05) is 25.7 Å². The number of nitrogens with zero attached hydrogens (tertiary/aromatic N) is 1. The summed E-state index contributed by atoms with van der Waals surface area (Å²) in [6, 6.07) is 5.95. The number of hydrogen-bond donors (Lipinski definition) is 2. The first-order valence-electron chi connectivity index (χ1n) is 7.22. The Bertz CT molecular complexity index is 445. The molecule has 1 aliphatic rings. The molecular weight excluding hydrogens is 281 g/mol. The van der Waals surface area contributed by atoms with E-state index in [0.29, 0.717) is 19.1 Å². The number of rotatable bonds is 6. The van der Waals surface area contributed by atoms with Crippen molar-refractivity contribution in [3.63, 3.8) is 0 Å². The Hall–Kier alpha value is -1.11. The molecule has 1 atom stereocenters. The van der Waals surface area contributed by atoms with E-state index in [1.54, 1.807) is 6.07 Å². The molecule has 1 heterocycles. The van der Waals surface area contributed by atoms with Crippen LogP contribution >= 0.6 is 0 Å². The Kier molecular flexibility index (Phi) is 5.61. The van der Waals surface area contributed by atoms with Crippen LogP contribution in [0.2, 0.25) is 0 Å². The number of nitrogens with one attached hydrogen (secondary N) is 1. The zero-order valence-electron chi connectivity index (χ0n) is 11.9. The zero-order chi connectivity index (χ0) is 15.3. The van der Waals surface area contributed by atoms with Crippen molar-refractivity contribution in [1.29, 1.82) is 0 Å². The molecule has 0 radical (unpaired) electrons. The van der Waals surface area contributed by atoms with Gasteiger partial charge in [0.1, 0.15) is 0 Å². The lowest BCUT2D eigenvalue weighted by Gasteiger charge is -2.26. The maximum absolute atomic E-state index is 13.0. The Balaban J connectivity index is 2.09. The van der Waals surface area contributed by atoms with Crippen LogP contribution in [0.25, 0.3) is 0 Å². The maximum Gasteiger partial charge on any atom is 0.416 e. The molecule has 6 heteroatoms. The van der Waals surface area contributed by atoms with E-state index in [4.69, 9.17) is 5.11 Å². The Morgan fingerprint density at radius 3 is 2.67 bits per heavy atom. The SMILES string of the molecule is OCCN(Cc1ccccc1C(F)(F)F)CC1CCCN1. The minimum atomic E-state index is -4.34. The van der Waals surface area contributed by atoms with Gasteiger partial charge < -0.3 is 10.4 Å². The first-order valence-corrected chi connectivity index (χ1v) is 7.22. The van der Waals surface area contributed by atoms with Crippen molar-refractivity contribution in [1.82, 2.24) is 10.2 Å². The van der Waals surface area contributed by atoms with Gasteiger partial charge >= 0.3 is 6.18 Å². The van der Waals surface area contributed by atoms with Crippen LogP contribution < -0.4 is 5.32 Å². The highest BCUT2D eigenvalue weighted by Crippen LogP contribution is 2.32. The summed E-state index contributed by atoms with van der Waals surface area (Å²) in [6.07, 6.45) is -2.22. The third-order valence-electron chi connectivity index (χ3n) is 3.77. The molecule has 2 N–H and O–H groups in total. The van der Waals surface area contributed by atoms with E-state index >= 15 is 0 Å². The molecule has 1 fully saturated rings. The highest BCUT2D eigenvalue weighted by molar-refractivity contribution is 5.29. The van der Waals surface area contributed by atoms with Crippen molar-refractivity contribution in [3.05, 3.63) is 35.4 Å². The molecule has 0 saturated carbocycles. The summed E-state index contributed by atoms with van der Waals surface area (Å²) in [5.74, 6) is 0. The molecule has 1 aromatic carbocycles. The lowest BCUT2D eigenvalue weighted by molar-refractivity contribution is -0.138. The van der Waals surface area contributed by atoms with Gasteiger partial charge in [0.15, 0.2) is 0 Å². The van der Waals surface area contributed by atoms with Crippen LogP contribution in [0.15, 0.2) is 24.3 Å². The smallest absolute Gasteiger partial charge is 0.395 e. The van der Waals surface area contributed by atoms with Crippen molar-refractivity contribution >= 4 is 0 Å². The second-order valence-electron chi connectivity index (χ2n) is 5.41. The molecule has 1 unspecified atom stereocenters. The molecule has 2 rings (SSSR count). The van der Waals surface area contributed by atoms with E-state index in [0.717, 1.165) is 25.5 Å². The van der Waals surface area contributed by atoms with Crippen molar-refractivity contribution in [3.8, 4) is 0 Å². The number of hydrogen-bond acceptors (Lipinski definition) is 3. The molecule has 1 saturated heterocycles. The van der Waals surface area contributed by atoms with E-state index in [-0.39, 0.29) is 18.7 Å². The standard InChI is InChI=1S/C15H21F3N2O/c16-15(17,18)14-6-2-1-4-12(14)10-20(8-9-21)11-13-5-3-7-19-13/h1-2,4,6,13,19,21H,3,5,7-11H2. The number of aliphatic hydroxyl groups is 1. The number of benzene rings is 1. The van der Waals surface area contributed by atoms with Crippen molar-refractivity contribution in [2.75, 3.05) is 26.2 Å². The minimum absolute atomic E-state index is 0.0547. The number of halogens is 3. The lowest BCUT2D eigenvalue weighted by atomic mass is 10.1.